The second-order valence-corrected chi connectivity index (χ2v) is 2.71. The molecule has 0 aliphatic heterocycles. The van der Waals surface area contributed by atoms with E-state index in [1.54, 1.807) is 0 Å². The highest BCUT2D eigenvalue weighted by Gasteiger charge is 2.04. The SMILES string of the molecule is CC(C)C(=O)NCCOCN=[N+]=[N-]. The zero-order valence-corrected chi connectivity index (χ0v) is 7.86. The predicted octanol–water partition coefficient (Wildman–Crippen LogP) is 1.04. The Kier molecular flexibility index (Phi) is 6.68. The van der Waals surface area contributed by atoms with Crippen molar-refractivity contribution in [3.05, 3.63) is 10.4 Å². The van der Waals surface area contributed by atoms with Crippen molar-refractivity contribution in [3.8, 4) is 0 Å². The third-order valence-electron chi connectivity index (χ3n) is 1.28. The second-order valence-electron chi connectivity index (χ2n) is 2.71. The van der Waals surface area contributed by atoms with E-state index in [0.717, 1.165) is 0 Å². The maximum Gasteiger partial charge on any atom is 0.222 e. The average molecular weight is 186 g/mol. The number of carbonyl (C=O) groups is 1. The number of hydrogen-bond donors (Lipinski definition) is 1. The minimum absolute atomic E-state index is 0.00705. The van der Waals surface area contributed by atoms with Gasteiger partial charge in [0.2, 0.25) is 5.91 Å². The highest BCUT2D eigenvalue weighted by Crippen LogP contribution is 1.89. The Morgan fingerprint density at radius 1 is 1.69 bits per heavy atom. The maximum atomic E-state index is 11.0. The Labute approximate surface area is 76.9 Å². The van der Waals surface area contributed by atoms with Crippen molar-refractivity contribution in [2.75, 3.05) is 19.9 Å². The van der Waals surface area contributed by atoms with Gasteiger partial charge in [-0.1, -0.05) is 19.0 Å². The fourth-order valence-corrected chi connectivity index (χ4v) is 0.582. The van der Waals surface area contributed by atoms with Crippen molar-refractivity contribution in [1.82, 2.24) is 5.32 Å². The van der Waals surface area contributed by atoms with Crippen LogP contribution in [0.5, 0.6) is 0 Å². The van der Waals surface area contributed by atoms with Crippen LogP contribution in [-0.2, 0) is 9.53 Å². The van der Waals surface area contributed by atoms with E-state index in [1.165, 1.54) is 0 Å². The largest absolute Gasteiger partial charge is 0.374 e. The predicted molar refractivity (Wildman–Crippen MR) is 47.8 cm³/mol. The molecule has 6 heteroatoms. The van der Waals surface area contributed by atoms with Gasteiger partial charge in [-0.2, -0.15) is 0 Å². The summed E-state index contributed by atoms with van der Waals surface area (Å²) in [6, 6.07) is 0. The van der Waals surface area contributed by atoms with Crippen molar-refractivity contribution in [3.63, 3.8) is 0 Å². The van der Waals surface area contributed by atoms with E-state index in [-0.39, 0.29) is 18.6 Å². The van der Waals surface area contributed by atoms with Crippen LogP contribution in [0.2, 0.25) is 0 Å². The molecule has 0 bridgehead atoms. The fourth-order valence-electron chi connectivity index (χ4n) is 0.582. The lowest BCUT2D eigenvalue weighted by Crippen LogP contribution is -2.30. The van der Waals surface area contributed by atoms with Gasteiger partial charge in [0.25, 0.3) is 0 Å². The maximum absolute atomic E-state index is 11.0. The number of azide groups is 1. The molecule has 0 atom stereocenters. The molecule has 0 heterocycles. The third-order valence-corrected chi connectivity index (χ3v) is 1.28. The van der Waals surface area contributed by atoms with Crippen molar-refractivity contribution < 1.29 is 9.53 Å². The van der Waals surface area contributed by atoms with E-state index in [9.17, 15) is 4.79 Å². The van der Waals surface area contributed by atoms with Crippen LogP contribution in [0.3, 0.4) is 0 Å². The van der Waals surface area contributed by atoms with Gasteiger partial charge in [-0.05, 0) is 5.53 Å². The third kappa shape index (κ3) is 7.11. The summed E-state index contributed by atoms with van der Waals surface area (Å²) in [7, 11) is 0. The molecule has 0 aliphatic carbocycles. The first kappa shape index (κ1) is 11.7. The fraction of sp³-hybridized carbons (Fsp3) is 0.857. The molecule has 0 spiro atoms. The van der Waals surface area contributed by atoms with Crippen molar-refractivity contribution in [2.24, 2.45) is 11.0 Å². The lowest BCUT2D eigenvalue weighted by atomic mass is 10.2. The smallest absolute Gasteiger partial charge is 0.222 e. The molecule has 0 saturated heterocycles. The van der Waals surface area contributed by atoms with Gasteiger partial charge in [-0.3, -0.25) is 4.79 Å². The summed E-state index contributed by atoms with van der Waals surface area (Å²) in [5.41, 5.74) is 7.89. The van der Waals surface area contributed by atoms with Gasteiger partial charge in [-0.15, -0.1) is 0 Å². The summed E-state index contributed by atoms with van der Waals surface area (Å²) < 4.78 is 4.87. The molecule has 0 aliphatic rings. The first-order valence-corrected chi connectivity index (χ1v) is 4.04. The number of carbonyl (C=O) groups excluding carboxylic acids is 1. The lowest BCUT2D eigenvalue weighted by molar-refractivity contribution is -0.124. The van der Waals surface area contributed by atoms with Gasteiger partial charge in [0.15, 0.2) is 0 Å². The molecule has 0 saturated carbocycles. The van der Waals surface area contributed by atoms with Crippen molar-refractivity contribution in [1.29, 1.82) is 0 Å². The second kappa shape index (κ2) is 7.39. The Morgan fingerprint density at radius 2 is 2.38 bits per heavy atom. The van der Waals surface area contributed by atoms with Crippen molar-refractivity contribution in [2.45, 2.75) is 13.8 Å². The Morgan fingerprint density at radius 3 is 2.92 bits per heavy atom. The van der Waals surface area contributed by atoms with Crippen LogP contribution in [0.1, 0.15) is 13.8 Å². The molecule has 0 aromatic carbocycles. The highest BCUT2D eigenvalue weighted by atomic mass is 16.5. The molecule has 0 fully saturated rings. The van der Waals surface area contributed by atoms with Gasteiger partial charge < -0.3 is 10.1 Å². The summed E-state index contributed by atoms with van der Waals surface area (Å²) in [6.45, 7) is 4.44. The zero-order chi connectivity index (χ0) is 10.1. The molecular formula is C7H14N4O2. The monoisotopic (exact) mass is 186 g/mol. The topological polar surface area (TPSA) is 87.1 Å². The molecule has 0 aromatic rings. The van der Waals surface area contributed by atoms with E-state index in [0.29, 0.717) is 13.2 Å². The van der Waals surface area contributed by atoms with Crippen LogP contribution in [0.4, 0.5) is 0 Å². The molecule has 6 nitrogen and oxygen atoms in total. The molecule has 1 N–H and O–H groups in total. The van der Waals surface area contributed by atoms with E-state index in [1.807, 2.05) is 13.8 Å². The van der Waals surface area contributed by atoms with Gasteiger partial charge in [-0.25, -0.2) is 0 Å². The zero-order valence-electron chi connectivity index (χ0n) is 7.86. The van der Waals surface area contributed by atoms with E-state index < -0.39 is 0 Å². The average Bonchev–Trinajstić information content (AvgIpc) is 2.10. The van der Waals surface area contributed by atoms with Crippen LogP contribution in [0.25, 0.3) is 10.4 Å². The highest BCUT2D eigenvalue weighted by molar-refractivity contribution is 5.77. The molecular weight excluding hydrogens is 172 g/mol. The quantitative estimate of drug-likeness (QED) is 0.291. The normalized spacial score (nSPS) is 9.46. The molecule has 13 heavy (non-hydrogen) atoms. The number of rotatable bonds is 6. The summed E-state index contributed by atoms with van der Waals surface area (Å²) in [5, 5.41) is 5.83. The van der Waals surface area contributed by atoms with Crippen LogP contribution in [0.15, 0.2) is 5.11 Å². The summed E-state index contributed by atoms with van der Waals surface area (Å²) >= 11 is 0. The molecule has 0 unspecified atom stereocenters. The minimum Gasteiger partial charge on any atom is -0.374 e. The number of nitrogens with one attached hydrogen (secondary N) is 1. The summed E-state index contributed by atoms with van der Waals surface area (Å²) in [6.07, 6.45) is 0. The molecule has 0 radical (unpaired) electrons. The number of nitrogens with zero attached hydrogens (tertiary/aromatic N) is 3. The Bertz CT molecular complexity index is 199. The van der Waals surface area contributed by atoms with Crippen LogP contribution >= 0.6 is 0 Å². The Hall–Kier alpha value is -1.26. The van der Waals surface area contributed by atoms with Gasteiger partial charge in [0.1, 0.15) is 6.73 Å². The van der Waals surface area contributed by atoms with Gasteiger partial charge in [0.05, 0.1) is 6.61 Å². The summed E-state index contributed by atoms with van der Waals surface area (Å²) in [5.74, 6) is -0.0236. The molecule has 0 aromatic heterocycles. The number of ether oxygens (including phenoxy) is 1. The molecule has 0 rings (SSSR count). The lowest BCUT2D eigenvalue weighted by Gasteiger charge is -2.06. The van der Waals surface area contributed by atoms with Crippen molar-refractivity contribution >= 4 is 5.91 Å². The number of amides is 1. The minimum atomic E-state index is -0.0165. The molecule has 74 valence electrons. The van der Waals surface area contributed by atoms with E-state index >= 15 is 0 Å². The Balaban J connectivity index is 3.25. The van der Waals surface area contributed by atoms with E-state index in [2.05, 4.69) is 15.3 Å². The van der Waals surface area contributed by atoms with Crippen LogP contribution in [0, 0.1) is 5.92 Å². The van der Waals surface area contributed by atoms with E-state index in [4.69, 9.17) is 10.3 Å². The van der Waals surface area contributed by atoms with Crippen LogP contribution in [-0.4, -0.2) is 25.8 Å². The summed E-state index contributed by atoms with van der Waals surface area (Å²) in [4.78, 5) is 13.5. The molecule has 1 amide bonds. The standard InChI is InChI=1S/C7H14N4O2/c1-6(2)7(12)9-3-4-13-5-10-11-8/h6H,3-5H2,1-2H3,(H,9,12). The first-order valence-electron chi connectivity index (χ1n) is 4.04. The number of hydrogen-bond acceptors (Lipinski definition) is 3. The first-order chi connectivity index (χ1) is 6.18. The van der Waals surface area contributed by atoms with Crippen LogP contribution < -0.4 is 5.32 Å². The van der Waals surface area contributed by atoms with Gasteiger partial charge >= 0.3 is 0 Å². The van der Waals surface area contributed by atoms with Gasteiger partial charge in [0, 0.05) is 17.4 Å².